The molecule has 0 saturated heterocycles. The van der Waals surface area contributed by atoms with Gasteiger partial charge < -0.3 is 9.47 Å². The van der Waals surface area contributed by atoms with Crippen molar-refractivity contribution in [3.63, 3.8) is 0 Å². The summed E-state index contributed by atoms with van der Waals surface area (Å²) in [7, 11) is -1.46. The number of benzene rings is 3. The molecule has 43 heavy (non-hydrogen) atoms. The lowest BCUT2D eigenvalue weighted by Crippen LogP contribution is -2.47. The first-order valence-electron chi connectivity index (χ1n) is 13.8. The second-order valence-electron chi connectivity index (χ2n) is 11.6. The van der Waals surface area contributed by atoms with E-state index in [-0.39, 0.29) is 56.8 Å². The van der Waals surface area contributed by atoms with Crippen LogP contribution in [0.4, 0.5) is 5.69 Å². The number of aromatic nitrogens is 2. The maximum Gasteiger partial charge on any atom is 0.274 e. The molecule has 1 atom stereocenters. The molecular weight excluding hydrogens is 570 g/mol. The molecule has 11 heteroatoms. The van der Waals surface area contributed by atoms with Crippen LogP contribution >= 0.6 is 0 Å². The minimum atomic E-state index is -4.25. The molecule has 0 spiro atoms. The van der Waals surface area contributed by atoms with E-state index in [0.717, 1.165) is 5.57 Å². The summed E-state index contributed by atoms with van der Waals surface area (Å²) < 4.78 is 43.6. The largest absolute Gasteiger partial charge is 0.495 e. The lowest BCUT2D eigenvalue weighted by atomic mass is 9.71. The quantitative estimate of drug-likeness (QED) is 0.350. The molecule has 1 aromatic heterocycles. The highest BCUT2D eigenvalue weighted by Gasteiger charge is 2.42. The molecule has 6 rings (SSSR count). The van der Waals surface area contributed by atoms with Crippen molar-refractivity contribution in [3.8, 4) is 11.5 Å². The maximum absolute atomic E-state index is 14.0. The predicted octanol–water partition coefficient (Wildman–Crippen LogP) is 4.27. The van der Waals surface area contributed by atoms with Crippen molar-refractivity contribution < 1.29 is 22.7 Å². The number of ketones is 1. The number of allylic oxidation sites excluding steroid dienone is 2. The summed E-state index contributed by atoms with van der Waals surface area (Å²) in [6, 6.07) is 16.7. The van der Waals surface area contributed by atoms with Crippen molar-refractivity contribution in [1.82, 2.24) is 9.36 Å². The van der Waals surface area contributed by atoms with E-state index in [0.29, 0.717) is 23.3 Å². The number of carbonyl (C=O) groups is 1. The van der Waals surface area contributed by atoms with E-state index < -0.39 is 21.6 Å². The fourth-order valence-corrected chi connectivity index (χ4v) is 7.57. The molecule has 10 nitrogen and oxygen atoms in total. The van der Waals surface area contributed by atoms with Crippen molar-refractivity contribution in [3.05, 3.63) is 104 Å². The highest BCUT2D eigenvalue weighted by atomic mass is 32.2. The molecule has 3 aromatic carbocycles. The number of rotatable bonds is 6. The van der Waals surface area contributed by atoms with E-state index in [1.165, 1.54) is 35.7 Å². The zero-order valence-corrected chi connectivity index (χ0v) is 25.0. The normalized spacial score (nSPS) is 17.8. The summed E-state index contributed by atoms with van der Waals surface area (Å²) in [6.45, 7) is 4.09. The number of fused-ring (bicyclic) bond motifs is 2. The Morgan fingerprint density at radius 2 is 1.49 bits per heavy atom. The summed E-state index contributed by atoms with van der Waals surface area (Å²) in [5.41, 5.74) is 0.615. The SMILES string of the molecule is COc1ccccc1NS(=O)(=O)c1cc(C2C3=C(Cn4c(=O)c5ccccc5c(=O)n42)CC(C)(C)CC3=O)ccc1OC. The molecule has 2 heterocycles. The fraction of sp³-hybridized carbons (Fsp3) is 0.281. The molecule has 0 radical (unpaired) electrons. The molecule has 1 unspecified atom stereocenters. The predicted molar refractivity (Wildman–Crippen MR) is 162 cm³/mol. The van der Waals surface area contributed by atoms with E-state index in [1.54, 1.807) is 54.6 Å². The monoisotopic (exact) mass is 601 g/mol. The second kappa shape index (κ2) is 10.3. The lowest BCUT2D eigenvalue weighted by molar-refractivity contribution is -0.118. The van der Waals surface area contributed by atoms with Crippen LogP contribution in [0.3, 0.4) is 0 Å². The summed E-state index contributed by atoms with van der Waals surface area (Å²) in [6.07, 6.45) is 0.806. The molecule has 222 valence electrons. The molecular formula is C32H31N3O7S. The van der Waals surface area contributed by atoms with Gasteiger partial charge in [0.2, 0.25) is 0 Å². The summed E-state index contributed by atoms with van der Waals surface area (Å²) >= 11 is 0. The molecule has 0 amide bonds. The van der Waals surface area contributed by atoms with Gasteiger partial charge in [0.1, 0.15) is 22.4 Å². The Bertz CT molecular complexity index is 2070. The van der Waals surface area contributed by atoms with Gasteiger partial charge in [0.25, 0.3) is 21.1 Å². The number of anilines is 1. The smallest absolute Gasteiger partial charge is 0.274 e. The van der Waals surface area contributed by atoms with Gasteiger partial charge in [-0.15, -0.1) is 0 Å². The number of hydrogen-bond donors (Lipinski definition) is 1. The number of hydrogen-bond acceptors (Lipinski definition) is 7. The second-order valence-corrected chi connectivity index (χ2v) is 13.3. The van der Waals surface area contributed by atoms with Gasteiger partial charge in [-0.2, -0.15) is 0 Å². The van der Waals surface area contributed by atoms with E-state index in [1.807, 2.05) is 13.8 Å². The van der Waals surface area contributed by atoms with E-state index in [9.17, 15) is 22.8 Å². The third-order valence-corrected chi connectivity index (χ3v) is 9.49. The van der Waals surface area contributed by atoms with Crippen LogP contribution in [0.5, 0.6) is 11.5 Å². The molecule has 1 aliphatic heterocycles. The first kappa shape index (κ1) is 28.5. The van der Waals surface area contributed by atoms with E-state index >= 15 is 0 Å². The Morgan fingerprint density at radius 1 is 0.837 bits per heavy atom. The average molecular weight is 602 g/mol. The van der Waals surface area contributed by atoms with Gasteiger partial charge in [0.05, 0.1) is 37.2 Å². The number of nitrogens with one attached hydrogen (secondary N) is 1. The van der Waals surface area contributed by atoms with Crippen LogP contribution in [0.1, 0.15) is 38.3 Å². The molecule has 0 fully saturated rings. The standard InChI is InChI=1S/C32H31N3O7S/c1-32(2)16-20-18-34-30(37)21-9-5-6-10-22(21)31(38)35(34)29(28(20)24(36)17-32)19-13-14-26(42-4)27(15-19)43(39,40)33-23-11-7-8-12-25(23)41-3/h5-15,29,33H,16-18H2,1-4H3. The number of para-hydroxylation sites is 2. The number of Topliss-reactive ketones (excluding diaryl/α,β-unsaturated/α-hetero) is 1. The van der Waals surface area contributed by atoms with Crippen LogP contribution in [0.15, 0.2) is 92.4 Å². The topological polar surface area (TPSA) is 126 Å². The van der Waals surface area contributed by atoms with Crippen LogP contribution in [-0.4, -0.2) is 37.8 Å². The van der Waals surface area contributed by atoms with Crippen molar-refractivity contribution in [2.75, 3.05) is 18.9 Å². The van der Waals surface area contributed by atoms with Crippen molar-refractivity contribution in [2.45, 2.75) is 44.2 Å². The highest BCUT2D eigenvalue weighted by Crippen LogP contribution is 2.45. The average Bonchev–Trinajstić information content (AvgIpc) is 2.98. The lowest BCUT2D eigenvalue weighted by Gasteiger charge is -2.40. The molecule has 1 N–H and O–H groups in total. The first-order valence-corrected chi connectivity index (χ1v) is 15.3. The first-order chi connectivity index (χ1) is 20.5. The minimum Gasteiger partial charge on any atom is -0.495 e. The minimum absolute atomic E-state index is 0.0653. The van der Waals surface area contributed by atoms with Crippen LogP contribution in [-0.2, 0) is 21.4 Å². The molecule has 0 saturated carbocycles. The van der Waals surface area contributed by atoms with Gasteiger partial charge in [0.15, 0.2) is 5.78 Å². The Morgan fingerprint density at radius 3 is 2.19 bits per heavy atom. The number of carbonyl (C=O) groups excluding carboxylic acids is 1. The molecule has 0 bridgehead atoms. The van der Waals surface area contributed by atoms with Gasteiger partial charge in [-0.1, -0.05) is 44.2 Å². The number of ether oxygens (including phenoxy) is 2. The Balaban J connectivity index is 1.61. The van der Waals surface area contributed by atoms with Crippen LogP contribution in [0.2, 0.25) is 0 Å². The summed E-state index contributed by atoms with van der Waals surface area (Å²) in [4.78, 5) is 41.4. The van der Waals surface area contributed by atoms with Crippen molar-refractivity contribution in [1.29, 1.82) is 0 Å². The summed E-state index contributed by atoms with van der Waals surface area (Å²) in [5.74, 6) is 0.253. The third kappa shape index (κ3) is 4.73. The van der Waals surface area contributed by atoms with E-state index in [4.69, 9.17) is 9.47 Å². The Kier molecular flexibility index (Phi) is 6.80. The summed E-state index contributed by atoms with van der Waals surface area (Å²) in [5, 5.41) is 0.507. The molecule has 4 aromatic rings. The van der Waals surface area contributed by atoms with Gasteiger partial charge in [-0.25, -0.2) is 17.8 Å². The van der Waals surface area contributed by atoms with Crippen molar-refractivity contribution in [2.24, 2.45) is 5.41 Å². The Hall–Kier alpha value is -4.64. The van der Waals surface area contributed by atoms with Crippen molar-refractivity contribution >= 4 is 32.3 Å². The number of sulfonamides is 1. The fourth-order valence-electron chi connectivity index (χ4n) is 6.29. The number of nitrogens with zero attached hydrogens (tertiary/aromatic N) is 2. The molecule has 2 aliphatic rings. The highest BCUT2D eigenvalue weighted by molar-refractivity contribution is 7.92. The third-order valence-electron chi connectivity index (χ3n) is 8.11. The van der Waals surface area contributed by atoms with Gasteiger partial charge in [0, 0.05) is 12.0 Å². The van der Waals surface area contributed by atoms with Crippen LogP contribution in [0.25, 0.3) is 10.8 Å². The zero-order chi connectivity index (χ0) is 30.7. The van der Waals surface area contributed by atoms with E-state index in [2.05, 4.69) is 4.72 Å². The van der Waals surface area contributed by atoms with Crippen LogP contribution < -0.4 is 25.3 Å². The van der Waals surface area contributed by atoms with Gasteiger partial charge >= 0.3 is 0 Å². The number of methoxy groups -OCH3 is 2. The maximum atomic E-state index is 14.0. The Labute approximate surface area is 248 Å². The zero-order valence-electron chi connectivity index (χ0n) is 24.2. The van der Waals surface area contributed by atoms with Crippen LogP contribution in [0, 0.1) is 5.41 Å². The molecule has 1 aliphatic carbocycles. The van der Waals surface area contributed by atoms with Gasteiger partial charge in [-0.05, 0) is 59.4 Å². The van der Waals surface area contributed by atoms with Gasteiger partial charge in [-0.3, -0.25) is 19.1 Å².